The van der Waals surface area contributed by atoms with Gasteiger partial charge in [0, 0.05) is 11.7 Å². The van der Waals surface area contributed by atoms with Gasteiger partial charge in [0.05, 0.1) is 11.6 Å². The Hall–Kier alpha value is -3.53. The number of benzene rings is 1. The molecule has 1 saturated carbocycles. The van der Waals surface area contributed by atoms with E-state index in [1.807, 2.05) is 0 Å². The molecular formula is C19H16F10N4O3. The first-order valence-electron chi connectivity index (χ1n) is 9.66. The number of ether oxygens (including phenoxy) is 2. The first-order valence-corrected chi connectivity index (χ1v) is 9.66. The van der Waals surface area contributed by atoms with Gasteiger partial charge in [0.25, 0.3) is 0 Å². The minimum atomic E-state index is -4.80. The number of urea groups is 1. The van der Waals surface area contributed by atoms with Gasteiger partial charge < -0.3 is 9.47 Å². The highest BCUT2D eigenvalue weighted by molar-refractivity contribution is 6.01. The third-order valence-electron chi connectivity index (χ3n) is 4.27. The zero-order valence-corrected chi connectivity index (χ0v) is 17.7. The Labute approximate surface area is 195 Å². The van der Waals surface area contributed by atoms with Crippen LogP contribution in [-0.2, 0) is 6.18 Å². The Morgan fingerprint density at radius 2 is 1.36 bits per heavy atom. The van der Waals surface area contributed by atoms with E-state index in [0.717, 1.165) is 29.2 Å². The minimum Gasteiger partial charge on any atom is -0.468 e. The van der Waals surface area contributed by atoms with Crippen molar-refractivity contribution in [1.82, 2.24) is 9.97 Å². The minimum absolute atomic E-state index is 0. The predicted octanol–water partition coefficient (Wildman–Crippen LogP) is 5.73. The van der Waals surface area contributed by atoms with E-state index in [9.17, 15) is 44.3 Å². The summed E-state index contributed by atoms with van der Waals surface area (Å²) in [4.78, 5) is 20.9. The van der Waals surface area contributed by atoms with Crippen molar-refractivity contribution in [3.05, 3.63) is 35.9 Å². The van der Waals surface area contributed by atoms with Gasteiger partial charge in [-0.1, -0.05) is 0 Å². The number of hydrogen-bond donors (Lipinski definition) is 1. The first kappa shape index (κ1) is 28.7. The second-order valence-electron chi connectivity index (χ2n) is 7.25. The lowest BCUT2D eigenvalue weighted by atomic mass is 10.2. The van der Waals surface area contributed by atoms with Gasteiger partial charge in [-0.05, 0) is 37.1 Å². The van der Waals surface area contributed by atoms with Crippen LogP contribution in [0.5, 0.6) is 11.8 Å². The van der Waals surface area contributed by atoms with Crippen molar-refractivity contribution >= 4 is 17.7 Å². The van der Waals surface area contributed by atoms with Gasteiger partial charge in [-0.3, -0.25) is 14.9 Å². The number of rotatable bonds is 7. The van der Waals surface area contributed by atoms with Crippen LogP contribution in [-0.4, -0.2) is 47.6 Å². The maximum atomic E-state index is 12.8. The molecule has 1 aliphatic carbocycles. The standard InChI is InChI=1S/C19H15F9N4O3.FH/c20-17(21,22)8-34-13-7-14(35-9-18(23,24)25)30-15(29-13)31-16(33)32(12-5-6-12)11-3-1-10(2-4-11)19(26,27)28;/h1-4,7,12H,5-6,8-9H2,(H,29,30,31,33);1H. The molecule has 0 saturated heterocycles. The molecule has 1 heterocycles. The third kappa shape index (κ3) is 8.60. The SMILES string of the molecule is F.O=C(Nc1nc(OCC(F)(F)F)cc(OCC(F)(F)F)n1)N(c1ccc(C(F)(F)F)cc1)C1CC1. The summed E-state index contributed by atoms with van der Waals surface area (Å²) in [6, 6.07) is 2.78. The molecule has 0 atom stereocenters. The van der Waals surface area contributed by atoms with Gasteiger partial charge in [0.1, 0.15) is 0 Å². The molecule has 0 unspecified atom stereocenters. The van der Waals surface area contributed by atoms with Crippen LogP contribution in [0.4, 0.5) is 60.6 Å². The smallest absolute Gasteiger partial charge is 0.422 e. The van der Waals surface area contributed by atoms with E-state index in [1.165, 1.54) is 0 Å². The highest BCUT2D eigenvalue weighted by Crippen LogP contribution is 2.35. The summed E-state index contributed by atoms with van der Waals surface area (Å²) < 4.78 is 122. The number of amides is 2. The third-order valence-corrected chi connectivity index (χ3v) is 4.27. The highest BCUT2D eigenvalue weighted by atomic mass is 19.4. The largest absolute Gasteiger partial charge is 0.468 e. The Morgan fingerprint density at radius 1 is 0.889 bits per heavy atom. The number of hydrogen-bond acceptors (Lipinski definition) is 5. The van der Waals surface area contributed by atoms with E-state index in [1.54, 1.807) is 0 Å². The molecule has 2 amide bonds. The lowest BCUT2D eigenvalue weighted by Crippen LogP contribution is -2.37. The summed E-state index contributed by atoms with van der Waals surface area (Å²) in [7, 11) is 0. The second kappa shape index (κ2) is 10.6. The van der Waals surface area contributed by atoms with Crippen LogP contribution in [0, 0.1) is 0 Å². The molecule has 0 bridgehead atoms. The molecule has 3 rings (SSSR count). The lowest BCUT2D eigenvalue weighted by Gasteiger charge is -2.23. The van der Waals surface area contributed by atoms with Gasteiger partial charge in [-0.25, -0.2) is 4.79 Å². The summed E-state index contributed by atoms with van der Waals surface area (Å²) >= 11 is 0. The molecular weight excluding hydrogens is 522 g/mol. The van der Waals surface area contributed by atoms with Crippen LogP contribution in [0.15, 0.2) is 30.3 Å². The summed E-state index contributed by atoms with van der Waals surface area (Å²) in [5.41, 5.74) is -0.891. The van der Waals surface area contributed by atoms with Crippen LogP contribution in [0.3, 0.4) is 0 Å². The molecule has 2 aromatic rings. The summed E-state index contributed by atoms with van der Waals surface area (Å²) in [5, 5.41) is 2.10. The Morgan fingerprint density at radius 3 is 1.75 bits per heavy atom. The predicted molar refractivity (Wildman–Crippen MR) is 104 cm³/mol. The maximum absolute atomic E-state index is 12.8. The number of aromatic nitrogens is 2. The highest BCUT2D eigenvalue weighted by Gasteiger charge is 2.36. The van der Waals surface area contributed by atoms with Gasteiger partial charge in [-0.2, -0.15) is 49.5 Å². The van der Waals surface area contributed by atoms with Crippen LogP contribution < -0.4 is 19.7 Å². The van der Waals surface area contributed by atoms with Crippen LogP contribution >= 0.6 is 0 Å². The van der Waals surface area contributed by atoms with Crippen LogP contribution in [0.25, 0.3) is 0 Å². The van der Waals surface area contributed by atoms with Crippen molar-refractivity contribution in [2.24, 2.45) is 0 Å². The van der Waals surface area contributed by atoms with Crippen molar-refractivity contribution in [3.63, 3.8) is 0 Å². The first-order chi connectivity index (χ1) is 16.1. The lowest BCUT2D eigenvalue weighted by molar-refractivity contribution is -0.154. The number of alkyl halides is 9. The van der Waals surface area contributed by atoms with E-state index < -0.39 is 67.1 Å². The van der Waals surface area contributed by atoms with Crippen molar-refractivity contribution in [1.29, 1.82) is 0 Å². The van der Waals surface area contributed by atoms with Crippen molar-refractivity contribution in [2.75, 3.05) is 23.4 Å². The zero-order chi connectivity index (χ0) is 26.0. The Bertz CT molecular complexity index is 1000. The average Bonchev–Trinajstić information content (AvgIpc) is 3.54. The van der Waals surface area contributed by atoms with Gasteiger partial charge >= 0.3 is 24.6 Å². The molecule has 0 aliphatic heterocycles. The number of nitrogens with zero attached hydrogens (tertiary/aromatic N) is 3. The molecule has 7 nitrogen and oxygen atoms in total. The van der Waals surface area contributed by atoms with Gasteiger partial charge in [-0.15, -0.1) is 0 Å². The second-order valence-corrected chi connectivity index (χ2v) is 7.25. The fourth-order valence-electron chi connectivity index (χ4n) is 2.71. The number of carbonyl (C=O) groups excluding carboxylic acids is 1. The molecule has 200 valence electrons. The number of halogens is 10. The Kier molecular flexibility index (Phi) is 8.46. The van der Waals surface area contributed by atoms with Crippen LogP contribution in [0.1, 0.15) is 18.4 Å². The molecule has 1 N–H and O–H groups in total. The average molecular weight is 538 g/mol. The molecule has 36 heavy (non-hydrogen) atoms. The monoisotopic (exact) mass is 538 g/mol. The molecule has 1 aromatic carbocycles. The quantitative estimate of drug-likeness (QED) is 0.456. The normalized spacial score (nSPS) is 14.0. The molecule has 1 aromatic heterocycles. The van der Waals surface area contributed by atoms with E-state index in [0.29, 0.717) is 18.9 Å². The molecule has 0 spiro atoms. The van der Waals surface area contributed by atoms with Crippen molar-refractivity contribution < 1.29 is 58.5 Å². The van der Waals surface area contributed by atoms with E-state index >= 15 is 0 Å². The van der Waals surface area contributed by atoms with E-state index in [4.69, 9.17) is 0 Å². The van der Waals surface area contributed by atoms with Gasteiger partial charge in [0.15, 0.2) is 13.2 Å². The van der Waals surface area contributed by atoms with Crippen molar-refractivity contribution in [2.45, 2.75) is 37.4 Å². The topological polar surface area (TPSA) is 76.6 Å². The van der Waals surface area contributed by atoms with Gasteiger partial charge in [0.2, 0.25) is 17.7 Å². The maximum Gasteiger partial charge on any atom is 0.422 e. The number of nitrogens with one attached hydrogen (secondary N) is 1. The summed E-state index contributed by atoms with van der Waals surface area (Å²) in [5.74, 6) is -2.42. The summed E-state index contributed by atoms with van der Waals surface area (Å²) in [6.07, 6.45) is -13.2. The number of anilines is 2. The summed E-state index contributed by atoms with van der Waals surface area (Å²) in [6.45, 7) is -3.67. The van der Waals surface area contributed by atoms with E-state index in [-0.39, 0.29) is 10.4 Å². The molecule has 1 aliphatic rings. The number of carbonyl (C=O) groups is 1. The van der Waals surface area contributed by atoms with Crippen molar-refractivity contribution in [3.8, 4) is 11.8 Å². The molecule has 17 heteroatoms. The zero-order valence-electron chi connectivity index (χ0n) is 17.7. The fourth-order valence-corrected chi connectivity index (χ4v) is 2.71. The van der Waals surface area contributed by atoms with E-state index in [2.05, 4.69) is 24.8 Å². The molecule has 1 fully saturated rings. The Balaban J connectivity index is 0.00000456. The fraction of sp³-hybridized carbons (Fsp3) is 0.421. The van der Waals surface area contributed by atoms with Crippen LogP contribution in [0.2, 0.25) is 0 Å². The molecule has 0 radical (unpaired) electrons.